The summed E-state index contributed by atoms with van der Waals surface area (Å²) in [6.07, 6.45) is 1.58. The van der Waals surface area contributed by atoms with Crippen LogP contribution in [0.1, 0.15) is 28.9 Å². The Bertz CT molecular complexity index is 1520. The molecule has 0 bridgehead atoms. The fourth-order valence-corrected chi connectivity index (χ4v) is 4.54. The number of aryl methyl sites for hydroxylation is 3. The fourth-order valence-electron chi connectivity index (χ4n) is 4.54. The van der Waals surface area contributed by atoms with Crippen LogP contribution in [0.15, 0.2) is 84.9 Å². The molecule has 0 unspecified atom stereocenters. The van der Waals surface area contributed by atoms with Crippen molar-refractivity contribution in [3.8, 4) is 5.75 Å². The van der Waals surface area contributed by atoms with E-state index in [4.69, 9.17) is 9.72 Å². The molecule has 5 aromatic rings. The number of amides is 1. The largest absolute Gasteiger partial charge is 0.483 e. The molecule has 0 saturated carbocycles. The summed E-state index contributed by atoms with van der Waals surface area (Å²) in [5.74, 6) is 1.68. The summed E-state index contributed by atoms with van der Waals surface area (Å²) >= 11 is 0. The van der Waals surface area contributed by atoms with Gasteiger partial charge in [-0.05, 0) is 72.0 Å². The first kappa shape index (κ1) is 23.6. The molecule has 1 N–H and O–H groups in total. The quantitative estimate of drug-likeness (QED) is 0.266. The second-order valence-electron chi connectivity index (χ2n) is 9.30. The minimum Gasteiger partial charge on any atom is -0.483 e. The maximum atomic E-state index is 12.3. The highest BCUT2D eigenvalue weighted by atomic mass is 16.5. The van der Waals surface area contributed by atoms with Crippen molar-refractivity contribution in [2.45, 2.75) is 33.2 Å². The first-order valence-electron chi connectivity index (χ1n) is 12.5. The van der Waals surface area contributed by atoms with Crippen molar-refractivity contribution in [1.82, 2.24) is 14.9 Å². The van der Waals surface area contributed by atoms with E-state index in [9.17, 15) is 4.79 Å². The normalized spacial score (nSPS) is 11.2. The van der Waals surface area contributed by atoms with Gasteiger partial charge in [0.1, 0.15) is 11.6 Å². The van der Waals surface area contributed by atoms with Gasteiger partial charge in [-0.3, -0.25) is 4.79 Å². The molecular weight excluding hydrogens is 446 g/mol. The molecule has 1 heterocycles. The van der Waals surface area contributed by atoms with Gasteiger partial charge in [0.05, 0.1) is 11.0 Å². The third kappa shape index (κ3) is 5.41. The molecule has 0 fully saturated rings. The highest BCUT2D eigenvalue weighted by molar-refractivity contribution is 5.83. The van der Waals surface area contributed by atoms with E-state index >= 15 is 0 Å². The molecule has 1 aromatic heterocycles. The predicted octanol–water partition coefficient (Wildman–Crippen LogP) is 5.98. The number of nitrogens with zero attached hydrogens (tertiary/aromatic N) is 2. The van der Waals surface area contributed by atoms with Crippen LogP contribution in [0.25, 0.3) is 21.8 Å². The minimum absolute atomic E-state index is 0.0186. The molecule has 5 rings (SSSR count). The molecule has 5 heteroatoms. The second-order valence-corrected chi connectivity index (χ2v) is 9.30. The monoisotopic (exact) mass is 477 g/mol. The molecular formula is C31H31N3O2. The number of rotatable bonds is 9. The van der Waals surface area contributed by atoms with Crippen LogP contribution in [0.4, 0.5) is 0 Å². The lowest BCUT2D eigenvalue weighted by Gasteiger charge is -2.12. The summed E-state index contributed by atoms with van der Waals surface area (Å²) in [5.41, 5.74) is 5.52. The number of para-hydroxylation sites is 2. The van der Waals surface area contributed by atoms with Crippen molar-refractivity contribution in [1.29, 1.82) is 0 Å². The van der Waals surface area contributed by atoms with E-state index in [1.807, 2.05) is 38.1 Å². The first-order valence-corrected chi connectivity index (χ1v) is 12.5. The Balaban J connectivity index is 1.22. The Kier molecular flexibility index (Phi) is 6.99. The van der Waals surface area contributed by atoms with Gasteiger partial charge in [-0.1, -0.05) is 60.7 Å². The Labute approximate surface area is 211 Å². The Hall–Kier alpha value is -4.12. The maximum Gasteiger partial charge on any atom is 0.257 e. The number of hydrogen-bond acceptors (Lipinski definition) is 3. The molecule has 0 atom stereocenters. The topological polar surface area (TPSA) is 56.1 Å². The molecule has 0 aliphatic carbocycles. The smallest absolute Gasteiger partial charge is 0.257 e. The summed E-state index contributed by atoms with van der Waals surface area (Å²) in [4.78, 5) is 17.2. The van der Waals surface area contributed by atoms with Crippen LogP contribution < -0.4 is 10.1 Å². The number of nitrogens with one attached hydrogen (secondary N) is 1. The van der Waals surface area contributed by atoms with Crippen LogP contribution in [-0.2, 0) is 17.8 Å². The van der Waals surface area contributed by atoms with Gasteiger partial charge < -0.3 is 14.6 Å². The van der Waals surface area contributed by atoms with Crippen LogP contribution in [-0.4, -0.2) is 28.6 Å². The van der Waals surface area contributed by atoms with Crippen LogP contribution in [0.5, 0.6) is 5.75 Å². The lowest BCUT2D eigenvalue weighted by Crippen LogP contribution is -2.30. The fraction of sp³-hybridized carbons (Fsp3) is 0.226. The van der Waals surface area contributed by atoms with E-state index in [2.05, 4.69) is 70.5 Å². The molecule has 182 valence electrons. The van der Waals surface area contributed by atoms with Gasteiger partial charge >= 0.3 is 0 Å². The summed E-state index contributed by atoms with van der Waals surface area (Å²) in [6, 6.07) is 29.3. The number of imidazole rings is 1. The van der Waals surface area contributed by atoms with Crippen molar-refractivity contribution < 1.29 is 9.53 Å². The lowest BCUT2D eigenvalue weighted by atomic mass is 10.1. The van der Waals surface area contributed by atoms with Crippen molar-refractivity contribution in [3.05, 3.63) is 107 Å². The molecule has 5 nitrogen and oxygen atoms in total. The van der Waals surface area contributed by atoms with Crippen LogP contribution in [0.3, 0.4) is 0 Å². The average Bonchev–Trinajstić information content (AvgIpc) is 3.24. The predicted molar refractivity (Wildman–Crippen MR) is 146 cm³/mol. The molecule has 0 aliphatic rings. The van der Waals surface area contributed by atoms with E-state index in [0.717, 1.165) is 53.1 Å². The molecule has 0 radical (unpaired) electrons. The van der Waals surface area contributed by atoms with E-state index in [0.29, 0.717) is 6.54 Å². The molecule has 4 aromatic carbocycles. The summed E-state index contributed by atoms with van der Waals surface area (Å²) in [7, 11) is 0. The third-order valence-electron chi connectivity index (χ3n) is 6.49. The zero-order valence-electron chi connectivity index (χ0n) is 20.8. The lowest BCUT2D eigenvalue weighted by molar-refractivity contribution is -0.123. The Morgan fingerprint density at radius 1 is 0.917 bits per heavy atom. The van der Waals surface area contributed by atoms with Crippen LogP contribution >= 0.6 is 0 Å². The summed E-state index contributed by atoms with van der Waals surface area (Å²) < 4.78 is 8.02. The van der Waals surface area contributed by atoms with Gasteiger partial charge in [-0.2, -0.15) is 0 Å². The van der Waals surface area contributed by atoms with E-state index in [1.165, 1.54) is 16.3 Å². The molecule has 36 heavy (non-hydrogen) atoms. The van der Waals surface area contributed by atoms with Crippen molar-refractivity contribution in [2.24, 2.45) is 0 Å². The minimum atomic E-state index is -0.111. The number of hydrogen-bond donors (Lipinski definition) is 1. The van der Waals surface area contributed by atoms with Gasteiger partial charge in [0.2, 0.25) is 0 Å². The highest BCUT2D eigenvalue weighted by Gasteiger charge is 2.12. The van der Waals surface area contributed by atoms with Gasteiger partial charge in [-0.25, -0.2) is 4.98 Å². The SMILES string of the molecule is Cc1ccc(C)c(OCC(=O)NCCCc2nc3ccccc3n2Cc2ccc3ccccc3c2)c1. The average molecular weight is 478 g/mol. The van der Waals surface area contributed by atoms with E-state index in [1.54, 1.807) is 0 Å². The van der Waals surface area contributed by atoms with Gasteiger partial charge in [0.15, 0.2) is 6.61 Å². The molecule has 1 amide bonds. The van der Waals surface area contributed by atoms with E-state index < -0.39 is 0 Å². The number of fused-ring (bicyclic) bond motifs is 2. The highest BCUT2D eigenvalue weighted by Crippen LogP contribution is 2.22. The zero-order chi connectivity index (χ0) is 24.9. The number of carbonyl (C=O) groups excluding carboxylic acids is 1. The molecule has 0 spiro atoms. The van der Waals surface area contributed by atoms with E-state index in [-0.39, 0.29) is 12.5 Å². The van der Waals surface area contributed by atoms with Crippen molar-refractivity contribution in [3.63, 3.8) is 0 Å². The van der Waals surface area contributed by atoms with Gasteiger partial charge in [0.25, 0.3) is 5.91 Å². The van der Waals surface area contributed by atoms with Crippen molar-refractivity contribution >= 4 is 27.7 Å². The van der Waals surface area contributed by atoms with Gasteiger partial charge in [-0.15, -0.1) is 0 Å². The number of ether oxygens (including phenoxy) is 1. The third-order valence-corrected chi connectivity index (χ3v) is 6.49. The summed E-state index contributed by atoms with van der Waals surface area (Å²) in [6.45, 7) is 5.35. The number of carbonyl (C=O) groups is 1. The second kappa shape index (κ2) is 10.6. The van der Waals surface area contributed by atoms with Crippen LogP contribution in [0, 0.1) is 13.8 Å². The summed E-state index contributed by atoms with van der Waals surface area (Å²) in [5, 5.41) is 5.47. The zero-order valence-corrected chi connectivity index (χ0v) is 20.8. The Morgan fingerprint density at radius 3 is 2.61 bits per heavy atom. The molecule has 0 saturated heterocycles. The Morgan fingerprint density at radius 2 is 1.72 bits per heavy atom. The van der Waals surface area contributed by atoms with Crippen molar-refractivity contribution in [2.75, 3.05) is 13.2 Å². The number of aromatic nitrogens is 2. The molecule has 0 aliphatic heterocycles. The van der Waals surface area contributed by atoms with Crippen LogP contribution in [0.2, 0.25) is 0 Å². The number of benzene rings is 4. The van der Waals surface area contributed by atoms with Gasteiger partial charge in [0, 0.05) is 19.5 Å². The standard InChI is InChI=1S/C31H31N3O2/c1-22-13-14-23(2)29(18-22)36-21-31(35)32-17-7-12-30-33-27-10-5-6-11-28(27)34(30)20-24-15-16-25-8-3-4-9-26(25)19-24/h3-6,8-11,13-16,18-19H,7,12,17,20-21H2,1-2H3,(H,32,35). The maximum absolute atomic E-state index is 12.3. The first-order chi connectivity index (χ1) is 17.6.